The predicted molar refractivity (Wildman–Crippen MR) is 97.8 cm³/mol. The molecular weight excluding hydrogens is 330 g/mol. The number of methoxy groups -OCH3 is 2. The van der Waals surface area contributed by atoms with Gasteiger partial charge in [0, 0.05) is 23.4 Å². The van der Waals surface area contributed by atoms with Gasteiger partial charge in [-0.05, 0) is 56.7 Å². The van der Waals surface area contributed by atoms with Crippen LogP contribution >= 0.6 is 0 Å². The molecular formula is C20H25N3O3. The molecule has 6 nitrogen and oxygen atoms in total. The Labute approximate surface area is 153 Å². The summed E-state index contributed by atoms with van der Waals surface area (Å²) in [5, 5.41) is 7.46. The van der Waals surface area contributed by atoms with Crippen molar-refractivity contribution in [3.63, 3.8) is 0 Å². The number of aromatic nitrogens is 2. The maximum absolute atomic E-state index is 13.3. The van der Waals surface area contributed by atoms with Gasteiger partial charge in [0.2, 0.25) is 0 Å². The normalized spacial score (nSPS) is 19.3. The third-order valence-electron chi connectivity index (χ3n) is 5.57. The lowest BCUT2D eigenvalue weighted by Gasteiger charge is -2.26. The van der Waals surface area contributed by atoms with E-state index in [-0.39, 0.29) is 11.9 Å². The molecule has 6 heteroatoms. The van der Waals surface area contributed by atoms with Gasteiger partial charge in [-0.2, -0.15) is 5.10 Å². The molecule has 1 amide bonds. The van der Waals surface area contributed by atoms with Crippen LogP contribution in [0.2, 0.25) is 0 Å². The summed E-state index contributed by atoms with van der Waals surface area (Å²) in [6, 6.07) is 5.76. The highest BCUT2D eigenvalue weighted by molar-refractivity contribution is 5.94. The minimum Gasteiger partial charge on any atom is -0.497 e. The zero-order valence-corrected chi connectivity index (χ0v) is 15.4. The number of benzene rings is 1. The van der Waals surface area contributed by atoms with Gasteiger partial charge in [-0.25, -0.2) is 0 Å². The number of likely N-dealkylation sites (tertiary alicyclic amines) is 1. The predicted octanol–water partition coefficient (Wildman–Crippen LogP) is 3.28. The van der Waals surface area contributed by atoms with E-state index in [1.807, 2.05) is 23.1 Å². The second kappa shape index (κ2) is 7.02. The number of nitrogens with one attached hydrogen (secondary N) is 1. The van der Waals surface area contributed by atoms with Crippen LogP contribution in [-0.4, -0.2) is 41.8 Å². The topological polar surface area (TPSA) is 67.5 Å². The van der Waals surface area contributed by atoms with Gasteiger partial charge in [-0.1, -0.05) is 0 Å². The standard InChI is InChI=1S/C20H25N3O3/c1-25-13-9-10-18(26-2)15(12-13)17-8-5-11-23(17)20(24)19-14-6-3-4-7-16(14)21-22-19/h9-10,12,17H,3-8,11H2,1-2H3,(H,21,22). The van der Waals surface area contributed by atoms with Gasteiger partial charge in [0.05, 0.1) is 20.3 Å². The first-order chi connectivity index (χ1) is 12.7. The lowest BCUT2D eigenvalue weighted by Crippen LogP contribution is -2.32. The van der Waals surface area contributed by atoms with Crippen molar-refractivity contribution in [3.8, 4) is 11.5 Å². The number of aromatic amines is 1. The van der Waals surface area contributed by atoms with E-state index in [2.05, 4.69) is 10.2 Å². The van der Waals surface area contributed by atoms with Crippen molar-refractivity contribution >= 4 is 5.91 Å². The van der Waals surface area contributed by atoms with Crippen molar-refractivity contribution in [2.24, 2.45) is 0 Å². The molecule has 0 bridgehead atoms. The molecule has 1 fully saturated rings. The number of fused-ring (bicyclic) bond motifs is 1. The molecule has 1 unspecified atom stereocenters. The molecule has 1 aliphatic carbocycles. The summed E-state index contributed by atoms with van der Waals surface area (Å²) >= 11 is 0. The molecule has 2 heterocycles. The van der Waals surface area contributed by atoms with Gasteiger partial charge >= 0.3 is 0 Å². The molecule has 0 spiro atoms. The van der Waals surface area contributed by atoms with Crippen molar-refractivity contribution in [3.05, 3.63) is 40.7 Å². The van der Waals surface area contributed by atoms with Gasteiger partial charge in [0.1, 0.15) is 11.5 Å². The molecule has 1 atom stereocenters. The first-order valence-electron chi connectivity index (χ1n) is 9.32. The number of hydrogen-bond donors (Lipinski definition) is 1. The monoisotopic (exact) mass is 355 g/mol. The molecule has 138 valence electrons. The highest BCUT2D eigenvalue weighted by Gasteiger charge is 2.35. The first-order valence-corrected chi connectivity index (χ1v) is 9.32. The molecule has 1 saturated heterocycles. The summed E-state index contributed by atoms with van der Waals surface area (Å²) < 4.78 is 10.9. The quantitative estimate of drug-likeness (QED) is 0.914. The van der Waals surface area contributed by atoms with Crippen molar-refractivity contribution in [1.82, 2.24) is 15.1 Å². The molecule has 1 aromatic heterocycles. The summed E-state index contributed by atoms with van der Waals surface area (Å²) in [4.78, 5) is 15.2. The highest BCUT2D eigenvalue weighted by Crippen LogP contribution is 2.40. The van der Waals surface area contributed by atoms with Crippen molar-refractivity contribution in [1.29, 1.82) is 0 Å². The second-order valence-corrected chi connectivity index (χ2v) is 7.00. The Kier molecular flexibility index (Phi) is 4.57. The summed E-state index contributed by atoms with van der Waals surface area (Å²) in [6.45, 7) is 0.742. The van der Waals surface area contributed by atoms with E-state index in [0.29, 0.717) is 5.69 Å². The fraction of sp³-hybridized carbons (Fsp3) is 0.500. The van der Waals surface area contributed by atoms with E-state index in [9.17, 15) is 4.79 Å². The average molecular weight is 355 g/mol. The van der Waals surface area contributed by atoms with Crippen LogP contribution in [-0.2, 0) is 12.8 Å². The number of carbonyl (C=O) groups excluding carboxylic acids is 1. The van der Waals surface area contributed by atoms with Crippen molar-refractivity contribution in [2.45, 2.75) is 44.6 Å². The summed E-state index contributed by atoms with van der Waals surface area (Å²) in [5.74, 6) is 1.59. The zero-order chi connectivity index (χ0) is 18.1. The molecule has 1 aromatic carbocycles. The van der Waals surface area contributed by atoms with E-state index in [0.717, 1.165) is 73.4 Å². The van der Waals surface area contributed by atoms with Crippen LogP contribution in [0, 0.1) is 0 Å². The Morgan fingerprint density at radius 3 is 2.85 bits per heavy atom. The van der Waals surface area contributed by atoms with Crippen molar-refractivity contribution < 1.29 is 14.3 Å². The fourth-order valence-corrected chi connectivity index (χ4v) is 4.23. The number of rotatable bonds is 4. The molecule has 2 aromatic rings. The molecule has 0 radical (unpaired) electrons. The summed E-state index contributed by atoms with van der Waals surface area (Å²) in [6.07, 6.45) is 6.11. The molecule has 1 aliphatic heterocycles. The van der Waals surface area contributed by atoms with Gasteiger partial charge in [0.25, 0.3) is 5.91 Å². The second-order valence-electron chi connectivity index (χ2n) is 7.00. The minimum absolute atomic E-state index is 0.0107. The Hall–Kier alpha value is -2.50. The number of carbonyl (C=O) groups is 1. The third-order valence-corrected chi connectivity index (χ3v) is 5.57. The van der Waals surface area contributed by atoms with E-state index >= 15 is 0 Å². The van der Waals surface area contributed by atoms with E-state index in [4.69, 9.17) is 9.47 Å². The first kappa shape index (κ1) is 16.9. The largest absolute Gasteiger partial charge is 0.497 e. The van der Waals surface area contributed by atoms with Gasteiger partial charge < -0.3 is 14.4 Å². The number of nitrogens with zero attached hydrogens (tertiary/aromatic N) is 2. The lowest BCUT2D eigenvalue weighted by atomic mass is 9.95. The number of H-pyrrole nitrogens is 1. The molecule has 1 N–H and O–H groups in total. The smallest absolute Gasteiger partial charge is 0.275 e. The Morgan fingerprint density at radius 1 is 1.19 bits per heavy atom. The number of aryl methyl sites for hydroxylation is 1. The van der Waals surface area contributed by atoms with Crippen LogP contribution in [0.25, 0.3) is 0 Å². The minimum atomic E-state index is -0.0107. The fourth-order valence-electron chi connectivity index (χ4n) is 4.23. The van der Waals surface area contributed by atoms with Gasteiger partial charge in [0.15, 0.2) is 5.69 Å². The van der Waals surface area contributed by atoms with Gasteiger partial charge in [-0.15, -0.1) is 0 Å². The summed E-state index contributed by atoms with van der Waals surface area (Å²) in [7, 11) is 3.32. The lowest BCUT2D eigenvalue weighted by molar-refractivity contribution is 0.0726. The summed E-state index contributed by atoms with van der Waals surface area (Å²) in [5.41, 5.74) is 3.86. The van der Waals surface area contributed by atoms with Crippen LogP contribution in [0.3, 0.4) is 0 Å². The van der Waals surface area contributed by atoms with Crippen molar-refractivity contribution in [2.75, 3.05) is 20.8 Å². The number of ether oxygens (including phenoxy) is 2. The Bertz CT molecular complexity index is 815. The van der Waals surface area contributed by atoms with E-state index in [1.54, 1.807) is 14.2 Å². The van der Waals surface area contributed by atoms with E-state index < -0.39 is 0 Å². The average Bonchev–Trinajstić information content (AvgIpc) is 3.34. The van der Waals surface area contributed by atoms with E-state index in [1.165, 1.54) is 0 Å². The third kappa shape index (κ3) is 2.83. The van der Waals surface area contributed by atoms with Gasteiger partial charge in [-0.3, -0.25) is 9.89 Å². The number of hydrogen-bond acceptors (Lipinski definition) is 4. The van der Waals surface area contributed by atoms with Crippen LogP contribution in [0.4, 0.5) is 0 Å². The zero-order valence-electron chi connectivity index (χ0n) is 15.4. The Morgan fingerprint density at radius 2 is 2.04 bits per heavy atom. The number of amides is 1. The maximum atomic E-state index is 13.3. The van der Waals surface area contributed by atoms with Crippen LogP contribution in [0.5, 0.6) is 11.5 Å². The van der Waals surface area contributed by atoms with Crippen LogP contribution in [0.15, 0.2) is 18.2 Å². The maximum Gasteiger partial charge on any atom is 0.275 e. The molecule has 26 heavy (non-hydrogen) atoms. The van der Waals surface area contributed by atoms with Crippen LogP contribution in [0.1, 0.15) is 59.0 Å². The molecule has 4 rings (SSSR count). The Balaban J connectivity index is 1.67. The SMILES string of the molecule is COc1ccc(OC)c(C2CCCN2C(=O)c2n[nH]c3c2CCCC3)c1. The van der Waals surface area contributed by atoms with Crippen LogP contribution < -0.4 is 9.47 Å². The molecule has 0 saturated carbocycles. The highest BCUT2D eigenvalue weighted by atomic mass is 16.5. The molecule has 2 aliphatic rings.